The van der Waals surface area contributed by atoms with Gasteiger partial charge in [0, 0.05) is 12.1 Å². The van der Waals surface area contributed by atoms with E-state index in [0.29, 0.717) is 5.52 Å². The summed E-state index contributed by atoms with van der Waals surface area (Å²) in [5, 5.41) is 18.1. The van der Waals surface area contributed by atoms with Gasteiger partial charge in [-0.25, -0.2) is 9.67 Å². The van der Waals surface area contributed by atoms with Crippen molar-refractivity contribution >= 4 is 38.6 Å². The molecule has 3 heterocycles. The normalized spacial score (nSPS) is 11.1. The second kappa shape index (κ2) is 6.43. The zero-order valence-electron chi connectivity index (χ0n) is 13.6. The zero-order valence-corrected chi connectivity index (χ0v) is 15.2. The molecule has 0 unspecified atom stereocenters. The van der Waals surface area contributed by atoms with Gasteiger partial charge >= 0.3 is 0 Å². The molecule has 0 N–H and O–H groups in total. The van der Waals surface area contributed by atoms with Crippen molar-refractivity contribution < 1.29 is 4.92 Å². The number of nitro groups is 1. The number of nitrogens with zero attached hydrogens (tertiary/aromatic N) is 4. The predicted molar refractivity (Wildman–Crippen MR) is 102 cm³/mol. The molecule has 130 valence electrons. The Morgan fingerprint density at radius 3 is 2.65 bits per heavy atom. The van der Waals surface area contributed by atoms with E-state index in [-0.39, 0.29) is 17.8 Å². The van der Waals surface area contributed by atoms with Crippen molar-refractivity contribution in [2.24, 2.45) is 0 Å². The smallest absolute Gasteiger partial charge is 0.265 e. The van der Waals surface area contributed by atoms with Gasteiger partial charge in [-0.1, -0.05) is 18.2 Å². The maximum Gasteiger partial charge on any atom is 0.294 e. The van der Waals surface area contributed by atoms with Gasteiger partial charge in [0.1, 0.15) is 5.69 Å². The Bertz CT molecular complexity index is 1160. The van der Waals surface area contributed by atoms with E-state index in [1.807, 2.05) is 24.4 Å². The van der Waals surface area contributed by atoms with Crippen molar-refractivity contribution in [3.8, 4) is 10.6 Å². The van der Waals surface area contributed by atoms with Crippen molar-refractivity contribution in [3.05, 3.63) is 72.8 Å². The van der Waals surface area contributed by atoms with Crippen LogP contribution in [0.4, 0.5) is 5.69 Å². The lowest BCUT2D eigenvalue weighted by atomic mass is 10.2. The second-order valence-corrected chi connectivity index (χ2v) is 7.77. The highest BCUT2D eigenvalue weighted by molar-refractivity contribution is 7.20. The molecule has 0 saturated carbocycles. The lowest BCUT2D eigenvalue weighted by Crippen LogP contribution is -2.24. The van der Waals surface area contributed by atoms with Gasteiger partial charge in [0.25, 0.3) is 11.2 Å². The third-order valence-electron chi connectivity index (χ3n) is 3.84. The molecule has 0 fully saturated rings. The molecule has 0 aliphatic carbocycles. The highest BCUT2D eigenvalue weighted by Crippen LogP contribution is 2.32. The first-order valence-electron chi connectivity index (χ1n) is 7.68. The number of benzene rings is 1. The highest BCUT2D eigenvalue weighted by atomic mass is 32.1. The Labute approximate surface area is 155 Å². The van der Waals surface area contributed by atoms with Gasteiger partial charge in [0.05, 0.1) is 26.1 Å². The summed E-state index contributed by atoms with van der Waals surface area (Å²) in [7, 11) is 0. The largest absolute Gasteiger partial charge is 0.294 e. The summed E-state index contributed by atoms with van der Waals surface area (Å²) in [4.78, 5) is 28.5. The monoisotopic (exact) mass is 384 g/mol. The van der Waals surface area contributed by atoms with E-state index >= 15 is 0 Å². The van der Waals surface area contributed by atoms with Crippen LogP contribution < -0.4 is 5.56 Å². The zero-order chi connectivity index (χ0) is 18.3. The maximum absolute atomic E-state index is 12.8. The minimum atomic E-state index is -0.451. The average Bonchev–Trinajstić information content (AvgIpc) is 3.27. The molecule has 1 aromatic carbocycles. The van der Waals surface area contributed by atoms with Crippen molar-refractivity contribution in [2.45, 2.75) is 13.5 Å². The molecule has 7 nitrogen and oxygen atoms in total. The standard InChI is InChI=1S/C17H12N4O3S2/c1-10-18-15-16(26-10)14(13-3-2-8-25-13)19-20(17(15)22)9-11-4-6-12(7-5-11)21(23)24/h2-8H,9H2,1H3. The third-order valence-corrected chi connectivity index (χ3v) is 5.70. The summed E-state index contributed by atoms with van der Waals surface area (Å²) in [5.74, 6) is 0. The number of non-ortho nitro benzene ring substituents is 1. The SMILES string of the molecule is Cc1nc2c(=O)n(Cc3ccc([N+](=O)[O-])cc3)nc(-c3cccs3)c2s1. The number of thiophene rings is 1. The van der Waals surface area contributed by atoms with E-state index < -0.39 is 4.92 Å². The summed E-state index contributed by atoms with van der Waals surface area (Å²) in [6.45, 7) is 2.09. The van der Waals surface area contributed by atoms with Crippen molar-refractivity contribution in [3.63, 3.8) is 0 Å². The molecule has 3 aromatic heterocycles. The molecule has 0 radical (unpaired) electrons. The van der Waals surface area contributed by atoms with Gasteiger partial charge in [-0.05, 0) is 23.9 Å². The van der Waals surface area contributed by atoms with Crippen molar-refractivity contribution in [1.82, 2.24) is 14.8 Å². The van der Waals surface area contributed by atoms with E-state index in [1.54, 1.807) is 23.5 Å². The molecule has 0 saturated heterocycles. The molecular weight excluding hydrogens is 372 g/mol. The van der Waals surface area contributed by atoms with Crippen molar-refractivity contribution in [1.29, 1.82) is 0 Å². The summed E-state index contributed by atoms with van der Waals surface area (Å²) in [6, 6.07) is 10.0. The van der Waals surface area contributed by atoms with Gasteiger partial charge in [0.2, 0.25) is 0 Å². The van der Waals surface area contributed by atoms with Crippen LogP contribution in [0.15, 0.2) is 46.6 Å². The van der Waals surface area contributed by atoms with Gasteiger partial charge in [-0.2, -0.15) is 5.10 Å². The van der Waals surface area contributed by atoms with E-state index in [4.69, 9.17) is 0 Å². The van der Waals surface area contributed by atoms with Gasteiger partial charge in [-0.15, -0.1) is 22.7 Å². The van der Waals surface area contributed by atoms with Crippen LogP contribution in [0.1, 0.15) is 10.6 Å². The number of fused-ring (bicyclic) bond motifs is 1. The van der Waals surface area contributed by atoms with Crippen LogP contribution in [0.5, 0.6) is 0 Å². The highest BCUT2D eigenvalue weighted by Gasteiger charge is 2.17. The molecule has 0 bridgehead atoms. The molecule has 0 aliphatic rings. The number of hydrogen-bond donors (Lipinski definition) is 0. The minimum Gasteiger partial charge on any atom is -0.265 e. The average molecular weight is 384 g/mol. The Morgan fingerprint density at radius 2 is 2.00 bits per heavy atom. The molecule has 9 heteroatoms. The van der Waals surface area contributed by atoms with Crippen molar-refractivity contribution in [2.75, 3.05) is 0 Å². The first kappa shape index (κ1) is 16.6. The van der Waals surface area contributed by atoms with Crippen LogP contribution in [-0.2, 0) is 6.54 Å². The maximum atomic E-state index is 12.8. The molecule has 0 aliphatic heterocycles. The Balaban J connectivity index is 1.83. The van der Waals surface area contributed by atoms with E-state index in [9.17, 15) is 14.9 Å². The van der Waals surface area contributed by atoms with Gasteiger partial charge in [-0.3, -0.25) is 14.9 Å². The molecule has 0 amide bonds. The fourth-order valence-corrected chi connectivity index (χ4v) is 4.33. The lowest BCUT2D eigenvalue weighted by molar-refractivity contribution is -0.384. The summed E-state index contributed by atoms with van der Waals surface area (Å²) in [6.07, 6.45) is 0. The van der Waals surface area contributed by atoms with Crippen LogP contribution in [0, 0.1) is 17.0 Å². The van der Waals surface area contributed by atoms with Crippen LogP contribution in [0.2, 0.25) is 0 Å². The predicted octanol–water partition coefficient (Wildman–Crippen LogP) is 3.85. The number of nitro benzene ring substituents is 1. The number of aromatic nitrogens is 3. The van der Waals surface area contributed by atoms with Crippen LogP contribution >= 0.6 is 22.7 Å². The Kier molecular flexibility index (Phi) is 4.09. The molecule has 26 heavy (non-hydrogen) atoms. The fraction of sp³-hybridized carbons (Fsp3) is 0.118. The molecular formula is C17H12N4O3S2. The first-order chi connectivity index (χ1) is 12.5. The van der Waals surface area contributed by atoms with Gasteiger partial charge < -0.3 is 0 Å². The van der Waals surface area contributed by atoms with E-state index in [0.717, 1.165) is 25.8 Å². The van der Waals surface area contributed by atoms with E-state index in [1.165, 1.54) is 28.2 Å². The number of rotatable bonds is 4. The number of thiazole rings is 1. The summed E-state index contributed by atoms with van der Waals surface area (Å²) < 4.78 is 2.16. The number of hydrogen-bond acceptors (Lipinski definition) is 7. The van der Waals surface area contributed by atoms with E-state index in [2.05, 4.69) is 10.1 Å². The fourth-order valence-electron chi connectivity index (χ4n) is 2.64. The second-order valence-electron chi connectivity index (χ2n) is 5.62. The Hall–Kier alpha value is -2.91. The molecule has 0 spiro atoms. The van der Waals surface area contributed by atoms with Gasteiger partial charge in [0.15, 0.2) is 5.52 Å². The van der Waals surface area contributed by atoms with Crippen LogP contribution in [-0.4, -0.2) is 19.7 Å². The quantitative estimate of drug-likeness (QED) is 0.394. The first-order valence-corrected chi connectivity index (χ1v) is 9.38. The molecule has 0 atom stereocenters. The topological polar surface area (TPSA) is 90.9 Å². The number of aryl methyl sites for hydroxylation is 1. The van der Waals surface area contributed by atoms with Crippen LogP contribution in [0.25, 0.3) is 20.8 Å². The Morgan fingerprint density at radius 1 is 1.23 bits per heavy atom. The molecule has 4 aromatic rings. The van der Waals surface area contributed by atoms with Crippen LogP contribution in [0.3, 0.4) is 0 Å². The lowest BCUT2D eigenvalue weighted by Gasteiger charge is -2.07. The third kappa shape index (κ3) is 2.91. The molecule has 4 rings (SSSR count). The summed E-state index contributed by atoms with van der Waals surface area (Å²) >= 11 is 3.01. The minimum absolute atomic E-state index is 0.0129. The summed E-state index contributed by atoms with van der Waals surface area (Å²) in [5.41, 5.74) is 1.66.